The van der Waals surface area contributed by atoms with Crippen LogP contribution in [-0.2, 0) is 16.2 Å². The van der Waals surface area contributed by atoms with Crippen molar-refractivity contribution < 1.29 is 4.42 Å². The van der Waals surface area contributed by atoms with Gasteiger partial charge in [0.05, 0.1) is 11.2 Å². The number of hydrogen-bond acceptors (Lipinski definition) is 2. The van der Waals surface area contributed by atoms with Crippen molar-refractivity contribution in [1.29, 1.82) is 0 Å². The lowest BCUT2D eigenvalue weighted by atomic mass is 9.44. The van der Waals surface area contributed by atoms with E-state index in [1.165, 1.54) is 100 Å². The highest BCUT2D eigenvalue weighted by Gasteiger charge is 2.48. The molecule has 2 aliphatic heterocycles. The summed E-state index contributed by atoms with van der Waals surface area (Å²) in [6.45, 7) is 18.9. The van der Waals surface area contributed by atoms with Gasteiger partial charge in [0.25, 0.3) is 0 Å². The fraction of sp³-hybridized carbons (Fsp3) is 0.200. The van der Waals surface area contributed by atoms with E-state index in [0.29, 0.717) is 0 Å². The third-order valence-electron chi connectivity index (χ3n) is 14.2. The molecule has 59 heavy (non-hydrogen) atoms. The van der Waals surface area contributed by atoms with Crippen LogP contribution in [0.2, 0.25) is 0 Å². The molecule has 0 saturated carbocycles. The highest BCUT2D eigenvalue weighted by molar-refractivity contribution is 6.90. The van der Waals surface area contributed by atoms with Gasteiger partial charge in [-0.3, -0.25) is 0 Å². The Kier molecular flexibility index (Phi) is 6.76. The molecule has 2 aromatic heterocycles. The van der Waals surface area contributed by atoms with Crippen molar-refractivity contribution >= 4 is 67.8 Å². The molecule has 0 unspecified atom stereocenters. The highest BCUT2D eigenvalue weighted by atomic mass is 16.3. The van der Waals surface area contributed by atoms with Crippen LogP contribution in [0.5, 0.6) is 0 Å². The Labute approximate surface area is 347 Å². The number of para-hydroxylation sites is 2. The summed E-state index contributed by atoms with van der Waals surface area (Å²) in [6, 6.07) is 52.9. The second-order valence-corrected chi connectivity index (χ2v) is 19.4. The third-order valence-corrected chi connectivity index (χ3v) is 14.2. The zero-order valence-electron chi connectivity index (χ0n) is 35.2. The summed E-state index contributed by atoms with van der Waals surface area (Å²) in [7, 11) is 0. The first-order valence-corrected chi connectivity index (χ1v) is 21.2. The van der Waals surface area contributed by atoms with Gasteiger partial charge in [0, 0.05) is 49.6 Å². The number of aromatic nitrogens is 1. The van der Waals surface area contributed by atoms with Crippen molar-refractivity contribution in [2.24, 2.45) is 0 Å². The number of benzene rings is 7. The van der Waals surface area contributed by atoms with E-state index in [9.17, 15) is 0 Å². The second kappa shape index (κ2) is 11.5. The minimum atomic E-state index is -0.216. The number of nitrogens with zero attached hydrogens (tertiary/aromatic N) is 2. The van der Waals surface area contributed by atoms with Crippen molar-refractivity contribution in [3.63, 3.8) is 0 Å². The van der Waals surface area contributed by atoms with Crippen molar-refractivity contribution in [3.8, 4) is 22.3 Å². The van der Waals surface area contributed by atoms with Crippen molar-refractivity contribution in [3.05, 3.63) is 173 Å². The molecule has 0 spiro atoms. The minimum Gasteiger partial charge on any atom is -0.454 e. The Morgan fingerprint density at radius 3 is 1.97 bits per heavy atom. The Hall–Kier alpha value is -6.26. The SMILES string of the molecule is Cc1cc2c3c(c1)N(c1ccc(C(C)(C)C)cc1-c1ccccc1)c1cc4c(cc1B3n1c3c-2cccc3c2oc3ccccc3c21)C(C)(C)c1ccccc1C4(C)C. The Balaban J connectivity index is 1.27. The van der Waals surface area contributed by atoms with Crippen molar-refractivity contribution in [2.45, 2.75) is 71.6 Å². The molecule has 0 N–H and O–H groups in total. The summed E-state index contributed by atoms with van der Waals surface area (Å²) in [4.78, 5) is 2.63. The molecule has 286 valence electrons. The van der Waals surface area contributed by atoms with Gasteiger partial charge in [0.1, 0.15) is 5.58 Å². The molecule has 3 aliphatic rings. The monoisotopic (exact) mass is 762 g/mol. The fourth-order valence-electron chi connectivity index (χ4n) is 11.3. The van der Waals surface area contributed by atoms with Gasteiger partial charge in [-0.25, -0.2) is 0 Å². The quantitative estimate of drug-likeness (QED) is 0.164. The second-order valence-electron chi connectivity index (χ2n) is 19.4. The number of furan rings is 1. The van der Waals surface area contributed by atoms with E-state index in [1.54, 1.807) is 0 Å². The molecular formula is C55H47BN2O. The minimum absolute atomic E-state index is 0.0141. The molecular weight excluding hydrogens is 715 g/mol. The van der Waals surface area contributed by atoms with Gasteiger partial charge in [0.2, 0.25) is 0 Å². The fourth-order valence-corrected chi connectivity index (χ4v) is 11.3. The van der Waals surface area contributed by atoms with E-state index < -0.39 is 0 Å². The number of hydrogen-bond donors (Lipinski definition) is 0. The average Bonchev–Trinajstić information content (AvgIpc) is 3.77. The van der Waals surface area contributed by atoms with Crippen LogP contribution in [0.1, 0.15) is 81.8 Å². The molecule has 9 aromatic rings. The van der Waals surface area contributed by atoms with Crippen LogP contribution in [0.4, 0.5) is 17.1 Å². The molecule has 0 fully saturated rings. The van der Waals surface area contributed by atoms with E-state index in [-0.39, 0.29) is 23.1 Å². The van der Waals surface area contributed by atoms with Gasteiger partial charge in [-0.1, -0.05) is 146 Å². The summed E-state index contributed by atoms with van der Waals surface area (Å²) in [5.74, 6) is 0. The molecule has 1 aliphatic carbocycles. The van der Waals surface area contributed by atoms with Gasteiger partial charge < -0.3 is 13.8 Å². The zero-order chi connectivity index (χ0) is 40.3. The molecule has 0 saturated heterocycles. The van der Waals surface area contributed by atoms with E-state index in [0.717, 1.165) is 16.6 Å². The maximum atomic E-state index is 6.84. The molecule has 0 amide bonds. The first kappa shape index (κ1) is 34.8. The number of anilines is 3. The van der Waals surface area contributed by atoms with Crippen molar-refractivity contribution in [2.75, 3.05) is 4.90 Å². The van der Waals surface area contributed by atoms with Crippen LogP contribution < -0.4 is 15.8 Å². The van der Waals surface area contributed by atoms with Gasteiger partial charge in [-0.05, 0) is 110 Å². The molecule has 12 rings (SSSR count). The largest absolute Gasteiger partial charge is 0.454 e. The summed E-state index contributed by atoms with van der Waals surface area (Å²) in [5.41, 5.74) is 23.4. The predicted octanol–water partition coefficient (Wildman–Crippen LogP) is 13.2. The maximum Gasteiger partial charge on any atom is 0.333 e. The van der Waals surface area contributed by atoms with Gasteiger partial charge in [-0.15, -0.1) is 0 Å². The lowest BCUT2D eigenvalue weighted by Gasteiger charge is -2.47. The van der Waals surface area contributed by atoms with Gasteiger partial charge in [0.15, 0.2) is 5.58 Å². The standard InChI is InChI=1S/C55H47BN2O/c1-32-27-39-35-20-16-21-37-50(35)58(51-36-19-12-15-24-48(36)59-52(37)51)56-44-30-42-43(55(7,8)41-23-14-13-22-40(41)54(42,5)6)31-46(44)57(47(28-32)49(39)56)45-26-25-34(53(2,3)4)29-38(45)33-17-10-9-11-18-33/h9-31H,1-8H3. The smallest absolute Gasteiger partial charge is 0.333 e. The van der Waals surface area contributed by atoms with Crippen LogP contribution >= 0.6 is 0 Å². The van der Waals surface area contributed by atoms with Gasteiger partial charge >= 0.3 is 6.85 Å². The average molecular weight is 763 g/mol. The first-order valence-electron chi connectivity index (χ1n) is 21.2. The van der Waals surface area contributed by atoms with Crippen molar-refractivity contribution in [1.82, 2.24) is 4.48 Å². The topological polar surface area (TPSA) is 21.3 Å². The van der Waals surface area contributed by atoms with Crippen LogP contribution in [0.15, 0.2) is 144 Å². The highest BCUT2D eigenvalue weighted by Crippen LogP contribution is 2.54. The summed E-state index contributed by atoms with van der Waals surface area (Å²) < 4.78 is 9.49. The summed E-state index contributed by atoms with van der Waals surface area (Å²) in [6.07, 6.45) is 0. The maximum absolute atomic E-state index is 6.84. The van der Waals surface area contributed by atoms with Gasteiger partial charge in [-0.2, -0.15) is 0 Å². The molecule has 0 atom stereocenters. The van der Waals surface area contributed by atoms with E-state index in [4.69, 9.17) is 4.42 Å². The molecule has 0 radical (unpaired) electrons. The van der Waals surface area contributed by atoms with Crippen LogP contribution in [0.3, 0.4) is 0 Å². The van der Waals surface area contributed by atoms with E-state index in [1.807, 2.05) is 0 Å². The normalized spacial score (nSPS) is 15.7. The number of fused-ring (bicyclic) bond motifs is 11. The van der Waals surface area contributed by atoms with Crippen LogP contribution in [0, 0.1) is 6.92 Å². The third kappa shape index (κ3) is 4.50. The molecule has 4 heteroatoms. The summed E-state index contributed by atoms with van der Waals surface area (Å²) >= 11 is 0. The van der Waals surface area contributed by atoms with Crippen LogP contribution in [0.25, 0.3) is 55.2 Å². The molecule has 3 nitrogen and oxygen atoms in total. The van der Waals surface area contributed by atoms with Crippen LogP contribution in [-0.4, -0.2) is 11.3 Å². The lowest BCUT2D eigenvalue weighted by Crippen LogP contribution is -2.57. The Morgan fingerprint density at radius 2 is 1.22 bits per heavy atom. The molecule has 7 aromatic carbocycles. The molecule has 0 bridgehead atoms. The first-order chi connectivity index (χ1) is 28.3. The Bertz CT molecular complexity index is 3280. The van der Waals surface area contributed by atoms with E-state index in [2.05, 4.69) is 204 Å². The predicted molar refractivity (Wildman–Crippen MR) is 249 cm³/mol. The number of aryl methyl sites for hydroxylation is 1. The zero-order valence-corrected chi connectivity index (χ0v) is 35.2. The van der Waals surface area contributed by atoms with E-state index >= 15 is 0 Å². The summed E-state index contributed by atoms with van der Waals surface area (Å²) in [5, 5.41) is 2.33. The lowest BCUT2D eigenvalue weighted by molar-refractivity contribution is 0.521. The number of rotatable bonds is 2. The Morgan fingerprint density at radius 1 is 0.542 bits per heavy atom. The molecule has 4 heterocycles.